The van der Waals surface area contributed by atoms with Gasteiger partial charge in [0.15, 0.2) is 5.69 Å². The Bertz CT molecular complexity index is 999. The van der Waals surface area contributed by atoms with Crippen molar-refractivity contribution in [2.24, 2.45) is 0 Å². The van der Waals surface area contributed by atoms with E-state index in [1.165, 1.54) is 23.6 Å². The third-order valence-corrected chi connectivity index (χ3v) is 5.85. The molecular formula is C19H20FN5OS. The van der Waals surface area contributed by atoms with Crippen molar-refractivity contribution in [2.45, 2.75) is 32.7 Å². The minimum absolute atomic E-state index is 0.0510. The largest absolute Gasteiger partial charge is 0.348 e. The lowest BCUT2D eigenvalue weighted by Crippen LogP contribution is -2.29. The maximum Gasteiger partial charge on any atom is 0.274 e. The molecular weight excluding hydrogens is 365 g/mol. The fourth-order valence-electron chi connectivity index (χ4n) is 3.25. The summed E-state index contributed by atoms with van der Waals surface area (Å²) in [5.41, 5.74) is 2.92. The van der Waals surface area contributed by atoms with E-state index < -0.39 is 5.82 Å². The second-order valence-electron chi connectivity index (χ2n) is 6.79. The highest BCUT2D eigenvalue weighted by Crippen LogP contribution is 2.30. The van der Waals surface area contributed by atoms with Crippen molar-refractivity contribution in [1.82, 2.24) is 19.9 Å². The topological polar surface area (TPSA) is 71.0 Å². The minimum Gasteiger partial charge on any atom is -0.348 e. The van der Waals surface area contributed by atoms with Gasteiger partial charge in [-0.25, -0.2) is 14.4 Å². The molecule has 1 amide bonds. The number of carbonyl (C=O) groups is 1. The highest BCUT2D eigenvalue weighted by atomic mass is 32.1. The van der Waals surface area contributed by atoms with Crippen molar-refractivity contribution in [3.63, 3.8) is 0 Å². The number of hydrogen-bond acceptors (Lipinski definition) is 6. The molecule has 1 aliphatic heterocycles. The molecule has 0 radical (unpaired) electrons. The monoisotopic (exact) mass is 385 g/mol. The summed E-state index contributed by atoms with van der Waals surface area (Å²) in [7, 11) is 0. The number of aromatic nitrogens is 3. The van der Waals surface area contributed by atoms with E-state index in [9.17, 15) is 9.18 Å². The Hall–Kier alpha value is -2.61. The maximum atomic E-state index is 13.5. The van der Waals surface area contributed by atoms with Gasteiger partial charge in [-0.05, 0) is 49.3 Å². The van der Waals surface area contributed by atoms with Gasteiger partial charge in [0, 0.05) is 19.3 Å². The summed E-state index contributed by atoms with van der Waals surface area (Å²) in [6.07, 6.45) is 4.82. The number of amides is 1. The highest BCUT2D eigenvalue weighted by molar-refractivity contribution is 7.17. The van der Waals surface area contributed by atoms with Crippen molar-refractivity contribution >= 4 is 33.4 Å². The van der Waals surface area contributed by atoms with Gasteiger partial charge in [0.25, 0.3) is 5.91 Å². The molecule has 140 valence electrons. The quantitative estimate of drug-likeness (QED) is 0.736. The van der Waals surface area contributed by atoms with Crippen molar-refractivity contribution < 1.29 is 9.18 Å². The van der Waals surface area contributed by atoms with E-state index >= 15 is 0 Å². The maximum absolute atomic E-state index is 13.5. The predicted octanol–water partition coefficient (Wildman–Crippen LogP) is 3.94. The lowest BCUT2D eigenvalue weighted by atomic mass is 10.1. The summed E-state index contributed by atoms with van der Waals surface area (Å²) >= 11 is 1.49. The van der Waals surface area contributed by atoms with Crippen molar-refractivity contribution in [3.05, 3.63) is 46.5 Å². The molecule has 6 nitrogen and oxygen atoms in total. The van der Waals surface area contributed by atoms with E-state index in [2.05, 4.69) is 20.3 Å². The predicted molar refractivity (Wildman–Crippen MR) is 104 cm³/mol. The zero-order valence-electron chi connectivity index (χ0n) is 15.2. The third-order valence-electron chi connectivity index (χ3n) is 4.76. The number of nitrogens with one attached hydrogen (secondary N) is 1. The Morgan fingerprint density at radius 3 is 2.81 bits per heavy atom. The van der Waals surface area contributed by atoms with Crippen LogP contribution in [0.2, 0.25) is 0 Å². The number of anilines is 1. The number of hydrogen-bond donors (Lipinski definition) is 1. The molecule has 0 spiro atoms. The number of halogens is 1. The zero-order valence-corrected chi connectivity index (χ0v) is 16.0. The van der Waals surface area contributed by atoms with Gasteiger partial charge in [-0.1, -0.05) is 0 Å². The first-order valence-corrected chi connectivity index (χ1v) is 9.83. The molecule has 8 heteroatoms. The molecule has 1 atom stereocenters. The number of nitrogens with zero attached hydrogens (tertiary/aromatic N) is 4. The lowest BCUT2D eigenvalue weighted by Gasteiger charge is -2.17. The van der Waals surface area contributed by atoms with Crippen LogP contribution in [0.15, 0.2) is 23.8 Å². The normalized spacial score (nSPS) is 15.3. The summed E-state index contributed by atoms with van der Waals surface area (Å²) in [4.78, 5) is 27.8. The number of rotatable bonds is 4. The van der Waals surface area contributed by atoms with Crippen molar-refractivity contribution in [1.29, 1.82) is 0 Å². The van der Waals surface area contributed by atoms with E-state index in [0.717, 1.165) is 41.7 Å². The van der Waals surface area contributed by atoms with Gasteiger partial charge in [-0.2, -0.15) is 0 Å². The lowest BCUT2D eigenvalue weighted by molar-refractivity contribution is 0.0789. The van der Waals surface area contributed by atoms with Gasteiger partial charge in [-0.3, -0.25) is 9.78 Å². The smallest absolute Gasteiger partial charge is 0.274 e. The molecule has 1 N–H and O–H groups in total. The first-order chi connectivity index (χ1) is 13.0. The number of fused-ring (bicyclic) bond motifs is 1. The van der Waals surface area contributed by atoms with Crippen LogP contribution in [0.1, 0.15) is 47.4 Å². The van der Waals surface area contributed by atoms with Gasteiger partial charge >= 0.3 is 0 Å². The summed E-state index contributed by atoms with van der Waals surface area (Å²) in [6.45, 7) is 5.39. The van der Waals surface area contributed by atoms with E-state index in [0.29, 0.717) is 17.2 Å². The summed E-state index contributed by atoms with van der Waals surface area (Å²) in [6, 6.07) is 1.18. The molecule has 0 saturated carbocycles. The van der Waals surface area contributed by atoms with Crippen molar-refractivity contribution in [2.75, 3.05) is 18.4 Å². The Morgan fingerprint density at radius 1 is 1.30 bits per heavy atom. The van der Waals surface area contributed by atoms with E-state index in [-0.39, 0.29) is 11.9 Å². The van der Waals surface area contributed by atoms with Crippen LogP contribution in [0, 0.1) is 12.7 Å². The number of likely N-dealkylation sites (tertiary alicyclic amines) is 1. The molecule has 27 heavy (non-hydrogen) atoms. The van der Waals surface area contributed by atoms with Crippen LogP contribution < -0.4 is 5.32 Å². The summed E-state index contributed by atoms with van der Waals surface area (Å²) < 4.78 is 14.3. The molecule has 3 aromatic heterocycles. The Labute approximate surface area is 160 Å². The summed E-state index contributed by atoms with van der Waals surface area (Å²) in [5, 5.41) is 5.18. The SMILES string of the molecule is Cc1csc2c(C(=O)N3CCCC3)nc(N[C@@H](C)c3cncc(F)c3)nc12. The van der Waals surface area contributed by atoms with Crippen LogP contribution in [0.3, 0.4) is 0 Å². The van der Waals surface area contributed by atoms with Crippen LogP contribution in [0.25, 0.3) is 10.2 Å². The van der Waals surface area contributed by atoms with Crippen molar-refractivity contribution in [3.8, 4) is 0 Å². The first-order valence-electron chi connectivity index (χ1n) is 8.95. The molecule has 1 saturated heterocycles. The van der Waals surface area contributed by atoms with Crippen LogP contribution >= 0.6 is 11.3 Å². The van der Waals surface area contributed by atoms with Gasteiger partial charge in [0.2, 0.25) is 5.95 Å². The molecule has 1 fully saturated rings. The standard InChI is InChI=1S/C19H20FN5OS/c1-11-10-27-17-15(11)23-19(22-12(2)13-7-14(20)9-21-8-13)24-16(17)18(26)25-5-3-4-6-25/h7-10,12H,3-6H2,1-2H3,(H,22,23,24)/t12-/m0/s1. The van der Waals surface area contributed by atoms with Crippen LogP contribution in [-0.4, -0.2) is 38.8 Å². The van der Waals surface area contributed by atoms with Gasteiger partial charge in [0.1, 0.15) is 5.82 Å². The first kappa shape index (κ1) is 17.8. The number of pyridine rings is 1. The molecule has 0 aromatic carbocycles. The van der Waals surface area contributed by atoms with Crippen LogP contribution in [-0.2, 0) is 0 Å². The Morgan fingerprint density at radius 2 is 2.07 bits per heavy atom. The highest BCUT2D eigenvalue weighted by Gasteiger charge is 2.25. The molecule has 1 aliphatic rings. The van der Waals surface area contributed by atoms with Gasteiger partial charge in [-0.15, -0.1) is 11.3 Å². The second kappa shape index (κ2) is 7.19. The molecule has 0 bridgehead atoms. The Kier molecular flexibility index (Phi) is 4.73. The fourth-order valence-corrected chi connectivity index (χ4v) is 4.22. The Balaban J connectivity index is 1.70. The van der Waals surface area contributed by atoms with Crippen LogP contribution in [0.4, 0.5) is 10.3 Å². The molecule has 0 aliphatic carbocycles. The fraction of sp³-hybridized carbons (Fsp3) is 0.368. The van der Waals surface area contributed by atoms with Gasteiger partial charge < -0.3 is 10.2 Å². The van der Waals surface area contributed by atoms with Gasteiger partial charge in [0.05, 0.1) is 22.5 Å². The molecule has 3 aromatic rings. The average molecular weight is 385 g/mol. The van der Waals surface area contributed by atoms with E-state index in [1.54, 1.807) is 6.20 Å². The minimum atomic E-state index is -0.393. The molecule has 4 rings (SSSR count). The number of thiophene rings is 1. The number of aryl methyl sites for hydroxylation is 1. The van der Waals surface area contributed by atoms with Crippen LogP contribution in [0.5, 0.6) is 0 Å². The van der Waals surface area contributed by atoms with E-state index in [4.69, 9.17) is 0 Å². The zero-order chi connectivity index (χ0) is 19.0. The average Bonchev–Trinajstić information content (AvgIpc) is 3.31. The number of carbonyl (C=O) groups excluding carboxylic acids is 1. The summed E-state index contributed by atoms with van der Waals surface area (Å²) in [5.74, 6) is -0.0794. The van der Waals surface area contributed by atoms with E-state index in [1.807, 2.05) is 24.1 Å². The second-order valence-corrected chi connectivity index (χ2v) is 7.67. The molecule has 0 unspecified atom stereocenters. The third kappa shape index (κ3) is 3.49. The molecule has 4 heterocycles.